The lowest BCUT2D eigenvalue weighted by Gasteiger charge is -2.23. The van der Waals surface area contributed by atoms with E-state index in [4.69, 9.17) is 5.84 Å². The molecule has 1 aromatic carbocycles. The number of hydrogen-bond donors (Lipinski definition) is 2. The Balaban J connectivity index is 1.93. The molecule has 0 radical (unpaired) electrons. The van der Waals surface area contributed by atoms with Gasteiger partial charge in [-0.1, -0.05) is 25.1 Å². The third-order valence-corrected chi connectivity index (χ3v) is 5.02. The van der Waals surface area contributed by atoms with E-state index in [0.717, 1.165) is 24.5 Å². The summed E-state index contributed by atoms with van der Waals surface area (Å²) in [5.74, 6) is 8.32. The summed E-state index contributed by atoms with van der Waals surface area (Å²) in [5.41, 5.74) is 4.37. The number of aromatic nitrogens is 2. The number of hydrogen-bond acceptors (Lipinski definition) is 4. The van der Waals surface area contributed by atoms with Gasteiger partial charge in [0.25, 0.3) is 0 Å². The summed E-state index contributed by atoms with van der Waals surface area (Å²) in [6, 6.07) is 8.65. The lowest BCUT2D eigenvalue weighted by molar-refractivity contribution is 0.439. The molecule has 1 aromatic heterocycles. The number of aryl methyl sites for hydroxylation is 1. The SMILES string of the molecule is CCCn1ccnc1C(NN)C1CSc2ccccc21. The first-order valence-electron chi connectivity index (χ1n) is 7.04. The van der Waals surface area contributed by atoms with Gasteiger partial charge in [0.15, 0.2) is 0 Å². The number of rotatable bonds is 5. The Morgan fingerprint density at radius 2 is 2.35 bits per heavy atom. The molecule has 3 rings (SSSR count). The van der Waals surface area contributed by atoms with Crippen molar-refractivity contribution in [3.8, 4) is 0 Å². The second kappa shape index (κ2) is 5.99. The van der Waals surface area contributed by atoms with E-state index in [1.54, 1.807) is 0 Å². The van der Waals surface area contributed by atoms with Gasteiger partial charge in [-0.05, 0) is 18.1 Å². The van der Waals surface area contributed by atoms with Gasteiger partial charge >= 0.3 is 0 Å². The predicted molar refractivity (Wildman–Crippen MR) is 82.5 cm³/mol. The number of nitrogens with zero attached hydrogens (tertiary/aromatic N) is 2. The average molecular weight is 288 g/mol. The molecular formula is C15H20N4S. The largest absolute Gasteiger partial charge is 0.334 e. The number of imidazole rings is 1. The molecule has 0 saturated carbocycles. The number of fused-ring (bicyclic) bond motifs is 1. The Morgan fingerprint density at radius 1 is 1.50 bits per heavy atom. The maximum atomic E-state index is 5.85. The van der Waals surface area contributed by atoms with Crippen LogP contribution < -0.4 is 11.3 Å². The van der Waals surface area contributed by atoms with Gasteiger partial charge in [0.1, 0.15) is 5.82 Å². The van der Waals surface area contributed by atoms with Crippen LogP contribution in [0.15, 0.2) is 41.6 Å². The fraction of sp³-hybridized carbons (Fsp3) is 0.400. The molecule has 3 N–H and O–H groups in total. The zero-order valence-electron chi connectivity index (χ0n) is 11.6. The Kier molecular flexibility index (Phi) is 4.10. The first-order chi connectivity index (χ1) is 9.85. The summed E-state index contributed by atoms with van der Waals surface area (Å²) in [6.07, 6.45) is 5.00. The van der Waals surface area contributed by atoms with Crippen molar-refractivity contribution < 1.29 is 0 Å². The number of nitrogens with two attached hydrogens (primary N) is 1. The van der Waals surface area contributed by atoms with Crippen molar-refractivity contribution in [3.05, 3.63) is 48.0 Å². The van der Waals surface area contributed by atoms with Gasteiger partial charge < -0.3 is 4.57 Å². The van der Waals surface area contributed by atoms with Gasteiger partial charge in [0.05, 0.1) is 6.04 Å². The van der Waals surface area contributed by atoms with Gasteiger partial charge in [0, 0.05) is 35.5 Å². The fourth-order valence-electron chi connectivity index (χ4n) is 2.86. The van der Waals surface area contributed by atoms with Crippen molar-refractivity contribution in [2.75, 3.05) is 5.75 Å². The Morgan fingerprint density at radius 3 is 3.15 bits per heavy atom. The van der Waals surface area contributed by atoms with E-state index in [9.17, 15) is 0 Å². The number of benzene rings is 1. The lowest BCUT2D eigenvalue weighted by atomic mass is 9.93. The van der Waals surface area contributed by atoms with E-state index in [-0.39, 0.29) is 6.04 Å². The zero-order chi connectivity index (χ0) is 13.9. The minimum Gasteiger partial charge on any atom is -0.334 e. The minimum atomic E-state index is 0.0627. The number of hydrazine groups is 1. The molecule has 2 atom stereocenters. The van der Waals surface area contributed by atoms with Crippen LogP contribution in [-0.2, 0) is 6.54 Å². The van der Waals surface area contributed by atoms with E-state index in [2.05, 4.69) is 46.2 Å². The highest BCUT2D eigenvalue weighted by molar-refractivity contribution is 7.99. The molecule has 0 spiro atoms. The highest BCUT2D eigenvalue weighted by Crippen LogP contribution is 2.44. The van der Waals surface area contributed by atoms with Crippen LogP contribution in [0.25, 0.3) is 0 Å². The van der Waals surface area contributed by atoms with Crippen LogP contribution in [0.3, 0.4) is 0 Å². The Labute approximate surface area is 123 Å². The minimum absolute atomic E-state index is 0.0627. The third kappa shape index (κ3) is 2.37. The molecule has 0 fully saturated rings. The van der Waals surface area contributed by atoms with Crippen LogP contribution in [0.4, 0.5) is 0 Å². The Bertz CT molecular complexity index is 581. The van der Waals surface area contributed by atoms with Crippen molar-refractivity contribution in [1.29, 1.82) is 0 Å². The first-order valence-corrected chi connectivity index (χ1v) is 8.02. The summed E-state index contributed by atoms with van der Waals surface area (Å²) < 4.78 is 2.20. The molecule has 20 heavy (non-hydrogen) atoms. The van der Waals surface area contributed by atoms with Crippen molar-refractivity contribution in [2.24, 2.45) is 5.84 Å². The molecule has 1 aliphatic heterocycles. The lowest BCUT2D eigenvalue weighted by Crippen LogP contribution is -2.34. The molecule has 2 aromatic rings. The molecular weight excluding hydrogens is 268 g/mol. The van der Waals surface area contributed by atoms with Crippen LogP contribution >= 0.6 is 11.8 Å². The van der Waals surface area contributed by atoms with Crippen LogP contribution in [0.2, 0.25) is 0 Å². The molecule has 106 valence electrons. The van der Waals surface area contributed by atoms with E-state index in [1.807, 2.05) is 24.2 Å². The summed E-state index contributed by atoms with van der Waals surface area (Å²) in [4.78, 5) is 5.90. The molecule has 5 heteroatoms. The number of thioether (sulfide) groups is 1. The van der Waals surface area contributed by atoms with E-state index in [1.165, 1.54) is 10.5 Å². The molecule has 4 nitrogen and oxygen atoms in total. The van der Waals surface area contributed by atoms with E-state index < -0.39 is 0 Å². The van der Waals surface area contributed by atoms with Gasteiger partial charge in [0.2, 0.25) is 0 Å². The van der Waals surface area contributed by atoms with Gasteiger partial charge in [-0.15, -0.1) is 11.8 Å². The highest BCUT2D eigenvalue weighted by atomic mass is 32.2. The smallest absolute Gasteiger partial charge is 0.127 e. The van der Waals surface area contributed by atoms with Crippen molar-refractivity contribution in [3.63, 3.8) is 0 Å². The summed E-state index contributed by atoms with van der Waals surface area (Å²) in [5, 5.41) is 0. The quantitative estimate of drug-likeness (QED) is 0.656. The normalized spacial score (nSPS) is 19.0. The van der Waals surface area contributed by atoms with Gasteiger partial charge in [-0.3, -0.25) is 5.84 Å². The maximum Gasteiger partial charge on any atom is 0.127 e. The van der Waals surface area contributed by atoms with Gasteiger partial charge in [-0.2, -0.15) is 0 Å². The van der Waals surface area contributed by atoms with Crippen LogP contribution in [0.5, 0.6) is 0 Å². The fourth-order valence-corrected chi connectivity index (χ4v) is 4.16. The molecule has 2 unspecified atom stereocenters. The molecule has 0 aliphatic carbocycles. The van der Waals surface area contributed by atoms with Crippen molar-refractivity contribution in [2.45, 2.75) is 36.7 Å². The Hall–Kier alpha value is -1.30. The second-order valence-electron chi connectivity index (χ2n) is 5.08. The standard InChI is InChI=1S/C15H20N4S/c1-2-8-19-9-7-17-15(19)14(18-16)12-10-20-13-6-4-3-5-11(12)13/h3-7,9,12,14,18H,2,8,10,16H2,1H3. The molecule has 2 heterocycles. The topological polar surface area (TPSA) is 55.9 Å². The van der Waals surface area contributed by atoms with Crippen molar-refractivity contribution >= 4 is 11.8 Å². The predicted octanol–water partition coefficient (Wildman–Crippen LogP) is 2.69. The zero-order valence-corrected chi connectivity index (χ0v) is 12.4. The summed E-state index contributed by atoms with van der Waals surface area (Å²) >= 11 is 1.90. The first kappa shape index (κ1) is 13.7. The van der Waals surface area contributed by atoms with E-state index in [0.29, 0.717) is 5.92 Å². The summed E-state index contributed by atoms with van der Waals surface area (Å²) in [7, 11) is 0. The second-order valence-corrected chi connectivity index (χ2v) is 6.14. The van der Waals surface area contributed by atoms with Crippen LogP contribution in [0.1, 0.15) is 36.7 Å². The molecule has 1 aliphatic rings. The van der Waals surface area contributed by atoms with Crippen LogP contribution in [-0.4, -0.2) is 15.3 Å². The monoisotopic (exact) mass is 288 g/mol. The van der Waals surface area contributed by atoms with Gasteiger partial charge in [-0.25, -0.2) is 10.4 Å². The van der Waals surface area contributed by atoms with Crippen LogP contribution in [0, 0.1) is 0 Å². The molecule has 0 saturated heterocycles. The molecule has 0 bridgehead atoms. The maximum absolute atomic E-state index is 5.85. The molecule has 0 amide bonds. The van der Waals surface area contributed by atoms with Crippen molar-refractivity contribution in [1.82, 2.24) is 15.0 Å². The van der Waals surface area contributed by atoms with E-state index >= 15 is 0 Å². The third-order valence-electron chi connectivity index (χ3n) is 3.81. The summed E-state index contributed by atoms with van der Waals surface area (Å²) in [6.45, 7) is 3.16. The number of nitrogens with one attached hydrogen (secondary N) is 1. The highest BCUT2D eigenvalue weighted by Gasteiger charge is 2.32. The average Bonchev–Trinajstić information content (AvgIpc) is 3.09.